The predicted octanol–water partition coefficient (Wildman–Crippen LogP) is 3.52. The highest BCUT2D eigenvalue weighted by molar-refractivity contribution is 5.10. The lowest BCUT2D eigenvalue weighted by Crippen LogP contribution is -2.21. The Kier molecular flexibility index (Phi) is 6.94. The van der Waals surface area contributed by atoms with Crippen molar-refractivity contribution in [1.82, 2.24) is 15.1 Å². The molecule has 3 heteroatoms. The van der Waals surface area contributed by atoms with Crippen LogP contribution in [0.4, 0.5) is 0 Å². The van der Waals surface area contributed by atoms with Gasteiger partial charge in [0.05, 0.1) is 6.20 Å². The zero-order valence-electron chi connectivity index (χ0n) is 11.6. The summed E-state index contributed by atoms with van der Waals surface area (Å²) >= 11 is 0. The van der Waals surface area contributed by atoms with Crippen molar-refractivity contribution in [1.29, 1.82) is 0 Å². The Morgan fingerprint density at radius 2 is 2.06 bits per heavy atom. The molecule has 1 N–H and O–H groups in total. The monoisotopic (exact) mass is 237 g/mol. The fourth-order valence-electron chi connectivity index (χ4n) is 2.02. The second-order valence-electron chi connectivity index (χ2n) is 4.66. The Balaban J connectivity index is 2.46. The molecule has 0 aliphatic rings. The maximum atomic E-state index is 4.44. The maximum absolute atomic E-state index is 4.44. The molecule has 1 atom stereocenters. The van der Waals surface area contributed by atoms with Gasteiger partial charge in [0.25, 0.3) is 0 Å². The van der Waals surface area contributed by atoms with E-state index in [1.807, 2.05) is 6.20 Å². The lowest BCUT2D eigenvalue weighted by atomic mass is 10.1. The van der Waals surface area contributed by atoms with Gasteiger partial charge in [0.15, 0.2) is 0 Å². The second kappa shape index (κ2) is 8.29. The van der Waals surface area contributed by atoms with Gasteiger partial charge in [0.1, 0.15) is 0 Å². The normalized spacial score (nSPS) is 12.9. The molecule has 0 bridgehead atoms. The summed E-state index contributed by atoms with van der Waals surface area (Å²) in [5, 5.41) is 8.00. The van der Waals surface area contributed by atoms with Gasteiger partial charge in [0, 0.05) is 24.3 Å². The molecule has 1 aromatic heterocycles. The van der Waals surface area contributed by atoms with Crippen molar-refractivity contribution in [2.45, 2.75) is 65.5 Å². The number of hydrogen-bond donors (Lipinski definition) is 1. The van der Waals surface area contributed by atoms with Crippen molar-refractivity contribution < 1.29 is 0 Å². The molecule has 0 fully saturated rings. The van der Waals surface area contributed by atoms with E-state index in [0.29, 0.717) is 6.04 Å². The molecule has 17 heavy (non-hydrogen) atoms. The van der Waals surface area contributed by atoms with Gasteiger partial charge in [-0.3, -0.25) is 4.68 Å². The first kappa shape index (κ1) is 14.2. The van der Waals surface area contributed by atoms with Crippen LogP contribution in [0.25, 0.3) is 0 Å². The summed E-state index contributed by atoms with van der Waals surface area (Å²) in [7, 11) is 0. The summed E-state index contributed by atoms with van der Waals surface area (Å²) in [5.41, 5.74) is 1.33. The minimum Gasteiger partial charge on any atom is -0.310 e. The van der Waals surface area contributed by atoms with E-state index in [4.69, 9.17) is 0 Å². The number of unbranched alkanes of at least 4 members (excludes halogenated alkanes) is 2. The molecule has 1 heterocycles. The highest BCUT2D eigenvalue weighted by Gasteiger charge is 2.10. The number of aromatic nitrogens is 2. The van der Waals surface area contributed by atoms with Crippen LogP contribution in [0.3, 0.4) is 0 Å². The van der Waals surface area contributed by atoms with E-state index in [2.05, 4.69) is 42.1 Å². The molecule has 1 unspecified atom stereocenters. The molecule has 0 saturated carbocycles. The van der Waals surface area contributed by atoms with Crippen LogP contribution in [-0.2, 0) is 6.54 Å². The van der Waals surface area contributed by atoms with Crippen molar-refractivity contribution in [2.24, 2.45) is 0 Å². The third-order valence-corrected chi connectivity index (χ3v) is 3.10. The first-order valence-electron chi connectivity index (χ1n) is 7.07. The third kappa shape index (κ3) is 4.90. The average Bonchev–Trinajstić information content (AvgIpc) is 2.79. The Bertz CT molecular complexity index is 293. The number of nitrogens with one attached hydrogen (secondary N) is 1. The van der Waals surface area contributed by atoms with Gasteiger partial charge in [-0.2, -0.15) is 5.10 Å². The molecule has 0 amide bonds. The standard InChI is InChI=1S/C14H27N3/c1-4-7-8-10-17-12-13(11-16-17)14(6-3)15-9-5-2/h11-12,14-15H,4-10H2,1-3H3. The summed E-state index contributed by atoms with van der Waals surface area (Å²) in [4.78, 5) is 0. The van der Waals surface area contributed by atoms with Crippen molar-refractivity contribution in [3.05, 3.63) is 18.0 Å². The van der Waals surface area contributed by atoms with Crippen molar-refractivity contribution in [3.63, 3.8) is 0 Å². The Labute approximate surface area is 106 Å². The number of nitrogens with zero attached hydrogens (tertiary/aromatic N) is 2. The van der Waals surface area contributed by atoms with Crippen LogP contribution in [0.15, 0.2) is 12.4 Å². The summed E-state index contributed by atoms with van der Waals surface area (Å²) in [6, 6.07) is 0.467. The van der Waals surface area contributed by atoms with E-state index < -0.39 is 0 Å². The molecule has 0 radical (unpaired) electrons. The van der Waals surface area contributed by atoms with E-state index in [0.717, 1.165) is 19.5 Å². The molecule has 0 spiro atoms. The minimum absolute atomic E-state index is 0.467. The van der Waals surface area contributed by atoms with Crippen LogP contribution in [0.2, 0.25) is 0 Å². The van der Waals surface area contributed by atoms with Gasteiger partial charge in [-0.05, 0) is 25.8 Å². The smallest absolute Gasteiger partial charge is 0.0537 e. The lowest BCUT2D eigenvalue weighted by Gasteiger charge is -2.14. The summed E-state index contributed by atoms with van der Waals surface area (Å²) in [6.45, 7) is 8.80. The molecule has 1 rings (SSSR count). The molecule has 0 aromatic carbocycles. The molecule has 0 aliphatic heterocycles. The highest BCUT2D eigenvalue weighted by atomic mass is 15.3. The second-order valence-corrected chi connectivity index (χ2v) is 4.66. The third-order valence-electron chi connectivity index (χ3n) is 3.10. The maximum Gasteiger partial charge on any atom is 0.0537 e. The van der Waals surface area contributed by atoms with E-state index in [1.165, 1.54) is 31.2 Å². The predicted molar refractivity (Wildman–Crippen MR) is 73.1 cm³/mol. The van der Waals surface area contributed by atoms with Gasteiger partial charge in [0.2, 0.25) is 0 Å². The summed E-state index contributed by atoms with van der Waals surface area (Å²) < 4.78 is 2.08. The number of aryl methyl sites for hydroxylation is 1. The van der Waals surface area contributed by atoms with Crippen molar-refractivity contribution >= 4 is 0 Å². The summed E-state index contributed by atoms with van der Waals surface area (Å²) in [6.07, 6.45) is 10.3. The molecular weight excluding hydrogens is 210 g/mol. The SMILES string of the molecule is CCCCCn1cc(C(CC)NCCC)cn1. The Morgan fingerprint density at radius 1 is 1.24 bits per heavy atom. The summed E-state index contributed by atoms with van der Waals surface area (Å²) in [5.74, 6) is 0. The van der Waals surface area contributed by atoms with Crippen LogP contribution >= 0.6 is 0 Å². The van der Waals surface area contributed by atoms with Crippen LogP contribution in [-0.4, -0.2) is 16.3 Å². The Morgan fingerprint density at radius 3 is 2.71 bits per heavy atom. The fourth-order valence-corrected chi connectivity index (χ4v) is 2.02. The molecule has 1 aromatic rings. The van der Waals surface area contributed by atoms with Crippen molar-refractivity contribution in [3.8, 4) is 0 Å². The lowest BCUT2D eigenvalue weighted by molar-refractivity contribution is 0.515. The number of rotatable bonds is 9. The number of hydrogen-bond acceptors (Lipinski definition) is 2. The topological polar surface area (TPSA) is 29.9 Å². The van der Waals surface area contributed by atoms with Gasteiger partial charge >= 0.3 is 0 Å². The van der Waals surface area contributed by atoms with E-state index in [-0.39, 0.29) is 0 Å². The van der Waals surface area contributed by atoms with E-state index >= 15 is 0 Å². The van der Waals surface area contributed by atoms with Gasteiger partial charge in [-0.1, -0.05) is 33.6 Å². The van der Waals surface area contributed by atoms with E-state index in [9.17, 15) is 0 Å². The molecule has 98 valence electrons. The molecular formula is C14H27N3. The van der Waals surface area contributed by atoms with Crippen LogP contribution in [0.5, 0.6) is 0 Å². The van der Waals surface area contributed by atoms with Crippen molar-refractivity contribution in [2.75, 3.05) is 6.54 Å². The highest BCUT2D eigenvalue weighted by Crippen LogP contribution is 2.15. The van der Waals surface area contributed by atoms with E-state index in [1.54, 1.807) is 0 Å². The van der Waals surface area contributed by atoms with Crippen LogP contribution in [0, 0.1) is 0 Å². The minimum atomic E-state index is 0.467. The van der Waals surface area contributed by atoms with Gasteiger partial charge < -0.3 is 5.32 Å². The molecule has 0 aliphatic carbocycles. The van der Waals surface area contributed by atoms with Crippen LogP contribution < -0.4 is 5.32 Å². The first-order chi connectivity index (χ1) is 8.31. The van der Waals surface area contributed by atoms with Gasteiger partial charge in [-0.15, -0.1) is 0 Å². The fraction of sp³-hybridized carbons (Fsp3) is 0.786. The largest absolute Gasteiger partial charge is 0.310 e. The zero-order chi connectivity index (χ0) is 12.5. The van der Waals surface area contributed by atoms with Gasteiger partial charge in [-0.25, -0.2) is 0 Å². The zero-order valence-corrected chi connectivity index (χ0v) is 11.6. The van der Waals surface area contributed by atoms with Crippen LogP contribution in [0.1, 0.15) is 64.5 Å². The molecule has 0 saturated heterocycles. The Hall–Kier alpha value is -0.830. The average molecular weight is 237 g/mol. The quantitative estimate of drug-likeness (QED) is 0.666. The molecule has 3 nitrogen and oxygen atoms in total. The first-order valence-corrected chi connectivity index (χ1v) is 7.07.